The van der Waals surface area contributed by atoms with Crippen LogP contribution in [0, 0.1) is 29.6 Å². The van der Waals surface area contributed by atoms with Gasteiger partial charge in [-0.2, -0.15) is 13.2 Å². The zero-order valence-electron chi connectivity index (χ0n) is 27.9. The Hall–Kier alpha value is -5.08. The van der Waals surface area contributed by atoms with Gasteiger partial charge < -0.3 is 19.8 Å². The molecule has 1 aromatic heterocycles. The Bertz CT molecular complexity index is 2390. The van der Waals surface area contributed by atoms with Gasteiger partial charge in [-0.1, -0.05) is 59.9 Å². The van der Waals surface area contributed by atoms with Crippen LogP contribution in [0.5, 0.6) is 11.5 Å². The fraction of sp³-hybridized carbons (Fsp3) is 0.282. The number of methoxy groups -OCH3 is 1. The van der Waals surface area contributed by atoms with Gasteiger partial charge in [-0.3, -0.25) is 24.1 Å². The third-order valence-electron chi connectivity index (χ3n) is 11.1. The summed E-state index contributed by atoms with van der Waals surface area (Å²) in [7, 11) is 1.50. The summed E-state index contributed by atoms with van der Waals surface area (Å²) in [5.41, 5.74) is 0.473. The second-order valence-corrected chi connectivity index (χ2v) is 16.0. The molecule has 2 bridgehead atoms. The molecule has 0 radical (unpaired) electrons. The lowest BCUT2D eigenvalue weighted by Crippen LogP contribution is -2.42. The summed E-state index contributed by atoms with van der Waals surface area (Å²) in [4.78, 5) is 58.2. The number of thioether (sulfide) groups is 1. The molecule has 3 fully saturated rings. The summed E-state index contributed by atoms with van der Waals surface area (Å²) in [6, 6.07) is 23.1. The standard InChI is InChI=1S/C39H30F3N3O6S2/c1-50-27-14-19(12-13-26(27)51-17-28(46)43-25-11-4-7-18-6-2-3-10-22(18)25)29-30-23-16-24(33(30)52-35-34(29)53-38(49)44-35)32-31(23)36(47)45(37(32)48)21-9-5-8-20(15-21)39(40,41)42/h2-15,23-24,29-33H,16-17H2,1H3,(H,43,46)(H,44,49)/t23-,24-,29+,30-,31+,32+,33-/m1/s1. The minimum absolute atomic E-state index is 0.0784. The highest BCUT2D eigenvalue weighted by Gasteiger charge is 2.69. The number of hydrogen-bond donors (Lipinski definition) is 2. The van der Waals surface area contributed by atoms with Crippen LogP contribution < -0.4 is 24.6 Å². The number of aromatic nitrogens is 1. The highest BCUT2D eigenvalue weighted by atomic mass is 32.2. The molecule has 0 unspecified atom stereocenters. The van der Waals surface area contributed by atoms with Crippen molar-refractivity contribution in [3.8, 4) is 11.5 Å². The van der Waals surface area contributed by atoms with Gasteiger partial charge in [0.15, 0.2) is 18.1 Å². The summed E-state index contributed by atoms with van der Waals surface area (Å²) < 4.78 is 52.4. The number of alkyl halides is 3. The Morgan fingerprint density at radius 2 is 1.68 bits per heavy atom. The van der Waals surface area contributed by atoms with E-state index >= 15 is 0 Å². The number of halogens is 3. The summed E-state index contributed by atoms with van der Waals surface area (Å²) in [5, 5.41) is 5.40. The zero-order valence-corrected chi connectivity index (χ0v) is 29.5. The van der Waals surface area contributed by atoms with Gasteiger partial charge in [-0.15, -0.1) is 11.8 Å². The number of anilines is 2. The molecule has 2 aliphatic heterocycles. The molecule has 0 spiro atoms. The molecule has 4 aromatic carbocycles. The van der Waals surface area contributed by atoms with Crippen LogP contribution in [0.2, 0.25) is 0 Å². The maximum absolute atomic E-state index is 14.1. The molecule has 14 heteroatoms. The quantitative estimate of drug-likeness (QED) is 0.167. The van der Waals surface area contributed by atoms with Gasteiger partial charge >= 0.3 is 11.0 Å². The number of ether oxygens (including phenoxy) is 2. The Labute approximate surface area is 308 Å². The number of amides is 3. The first-order valence-electron chi connectivity index (χ1n) is 17.0. The third kappa shape index (κ3) is 5.44. The van der Waals surface area contributed by atoms with E-state index in [1.165, 1.54) is 31.0 Å². The molecular weight excluding hydrogens is 728 g/mol. The molecule has 3 heterocycles. The number of aromatic amines is 1. The molecule has 9 nitrogen and oxygen atoms in total. The number of rotatable bonds is 7. The molecule has 4 aliphatic rings. The highest BCUT2D eigenvalue weighted by Crippen LogP contribution is 2.69. The Morgan fingerprint density at radius 3 is 2.47 bits per heavy atom. The van der Waals surface area contributed by atoms with E-state index in [0.717, 1.165) is 49.6 Å². The first-order valence-corrected chi connectivity index (χ1v) is 18.7. The van der Waals surface area contributed by atoms with Crippen LogP contribution in [0.4, 0.5) is 24.5 Å². The van der Waals surface area contributed by atoms with Gasteiger partial charge in [0.2, 0.25) is 11.8 Å². The van der Waals surface area contributed by atoms with E-state index in [1.54, 1.807) is 6.07 Å². The van der Waals surface area contributed by atoms with Crippen molar-refractivity contribution in [3.05, 3.63) is 111 Å². The van der Waals surface area contributed by atoms with Crippen molar-refractivity contribution in [1.82, 2.24) is 4.98 Å². The molecule has 53 heavy (non-hydrogen) atoms. The van der Waals surface area contributed by atoms with Crippen LogP contribution >= 0.6 is 23.1 Å². The summed E-state index contributed by atoms with van der Waals surface area (Å²) >= 11 is 2.62. The van der Waals surface area contributed by atoms with Crippen molar-refractivity contribution in [2.75, 3.05) is 23.9 Å². The predicted octanol–water partition coefficient (Wildman–Crippen LogP) is 7.31. The van der Waals surface area contributed by atoms with Gasteiger partial charge in [0.1, 0.15) is 0 Å². The highest BCUT2D eigenvalue weighted by molar-refractivity contribution is 8.00. The normalized spacial score (nSPS) is 25.7. The van der Waals surface area contributed by atoms with Crippen LogP contribution in [-0.4, -0.2) is 41.7 Å². The molecule has 5 aromatic rings. The number of benzene rings is 4. The van der Waals surface area contributed by atoms with Crippen molar-refractivity contribution in [3.63, 3.8) is 0 Å². The average Bonchev–Trinajstić information content (AvgIpc) is 3.89. The fourth-order valence-corrected chi connectivity index (χ4v) is 12.0. The monoisotopic (exact) mass is 757 g/mol. The van der Waals surface area contributed by atoms with E-state index in [1.807, 2.05) is 54.6 Å². The summed E-state index contributed by atoms with van der Waals surface area (Å²) in [6.07, 6.45) is -4.01. The van der Waals surface area contributed by atoms with Crippen molar-refractivity contribution < 1.29 is 37.0 Å². The number of hydrogen-bond acceptors (Lipinski definition) is 8. The molecule has 7 atom stereocenters. The number of fused-ring (bicyclic) bond motifs is 10. The smallest absolute Gasteiger partial charge is 0.416 e. The first kappa shape index (κ1) is 33.7. The fourth-order valence-electron chi connectivity index (χ4n) is 9.13. The number of nitrogens with one attached hydrogen (secondary N) is 2. The topological polar surface area (TPSA) is 118 Å². The number of H-pyrrole nitrogens is 1. The molecule has 1 saturated heterocycles. The lowest BCUT2D eigenvalue weighted by Gasteiger charge is -2.43. The summed E-state index contributed by atoms with van der Waals surface area (Å²) in [5.74, 6) is -2.87. The maximum atomic E-state index is 14.1. The number of imide groups is 1. The Kier molecular flexibility index (Phi) is 7.96. The third-order valence-corrected chi connectivity index (χ3v) is 13.7. The van der Waals surface area contributed by atoms with Crippen molar-refractivity contribution >= 4 is 63.0 Å². The minimum Gasteiger partial charge on any atom is -0.493 e. The number of nitrogens with zero attached hydrogens (tertiary/aromatic N) is 1. The van der Waals surface area contributed by atoms with Crippen LogP contribution in [0.15, 0.2) is 94.7 Å². The SMILES string of the molecule is COc1cc([C@@H]2c3sc(=O)[nH]c3S[C@@H]3[C@@H]4C[C@@H]([C@@H]5C(=O)N(c6cccc(C(F)(F)F)c6)C(=O)[C@@H]45)[C@H]23)ccc1OCC(=O)Nc1cccc2ccccc12. The van der Waals surface area contributed by atoms with E-state index < -0.39 is 35.4 Å². The molecule has 2 aliphatic carbocycles. The molecular formula is C39H30F3N3O6S2. The van der Waals surface area contributed by atoms with Crippen LogP contribution in [0.3, 0.4) is 0 Å². The second kappa shape index (κ2) is 12.5. The first-order chi connectivity index (χ1) is 25.5. The minimum atomic E-state index is -4.63. The van der Waals surface area contributed by atoms with Gasteiger partial charge in [0.05, 0.1) is 35.2 Å². The predicted molar refractivity (Wildman–Crippen MR) is 193 cm³/mol. The van der Waals surface area contributed by atoms with Gasteiger partial charge in [0.25, 0.3) is 5.91 Å². The lowest BCUT2D eigenvalue weighted by molar-refractivity contribution is -0.137. The van der Waals surface area contributed by atoms with E-state index in [9.17, 15) is 32.3 Å². The lowest BCUT2D eigenvalue weighted by atomic mass is 9.68. The largest absolute Gasteiger partial charge is 0.493 e. The van der Waals surface area contributed by atoms with E-state index in [-0.39, 0.29) is 52.0 Å². The number of carbonyl (C=O) groups is 3. The molecule has 3 amide bonds. The second-order valence-electron chi connectivity index (χ2n) is 13.8. The Morgan fingerprint density at radius 1 is 0.925 bits per heavy atom. The van der Waals surface area contributed by atoms with Gasteiger partial charge in [-0.25, -0.2) is 0 Å². The molecule has 2 saturated carbocycles. The maximum Gasteiger partial charge on any atom is 0.416 e. The van der Waals surface area contributed by atoms with E-state index in [2.05, 4.69) is 10.3 Å². The van der Waals surface area contributed by atoms with Crippen LogP contribution in [0.25, 0.3) is 10.8 Å². The molecule has 2 N–H and O–H groups in total. The van der Waals surface area contributed by atoms with Crippen LogP contribution in [-0.2, 0) is 20.6 Å². The molecule has 270 valence electrons. The Balaban J connectivity index is 1.00. The zero-order chi connectivity index (χ0) is 36.8. The summed E-state index contributed by atoms with van der Waals surface area (Å²) in [6.45, 7) is -0.279. The van der Waals surface area contributed by atoms with E-state index in [0.29, 0.717) is 28.6 Å². The molecule has 9 rings (SSSR count). The van der Waals surface area contributed by atoms with E-state index in [4.69, 9.17) is 9.47 Å². The average molecular weight is 758 g/mol. The van der Waals surface area contributed by atoms with Crippen molar-refractivity contribution in [2.45, 2.75) is 28.8 Å². The van der Waals surface area contributed by atoms with Crippen molar-refractivity contribution in [2.24, 2.45) is 29.6 Å². The van der Waals surface area contributed by atoms with Gasteiger partial charge in [-0.05, 0) is 71.5 Å². The van der Waals surface area contributed by atoms with Crippen LogP contribution in [0.1, 0.15) is 28.3 Å². The van der Waals surface area contributed by atoms with Gasteiger partial charge in [0, 0.05) is 27.1 Å². The number of thiazole rings is 1. The van der Waals surface area contributed by atoms with Crippen molar-refractivity contribution in [1.29, 1.82) is 0 Å². The number of carbonyl (C=O) groups excluding carboxylic acids is 3.